The molecule has 0 spiro atoms. The van der Waals surface area contributed by atoms with Gasteiger partial charge < -0.3 is 0 Å². The van der Waals surface area contributed by atoms with Gasteiger partial charge in [0.2, 0.25) is 0 Å². The van der Waals surface area contributed by atoms with Crippen LogP contribution in [-0.4, -0.2) is 12.6 Å². The molecule has 0 aromatic heterocycles. The van der Waals surface area contributed by atoms with Gasteiger partial charge in [-0.25, -0.2) is 9.98 Å². The molecule has 0 N–H and O–H groups in total. The van der Waals surface area contributed by atoms with Crippen molar-refractivity contribution in [3.8, 4) is 0 Å². The fraction of sp³-hybridized carbons (Fsp3) is 0.200. The van der Waals surface area contributed by atoms with E-state index in [1.54, 1.807) is 18.4 Å². The summed E-state index contributed by atoms with van der Waals surface area (Å²) in [6, 6.07) is 0. The topological polar surface area (TPSA) is 24.7 Å². The fourth-order valence-corrected chi connectivity index (χ4v) is 0.571. The van der Waals surface area contributed by atoms with Gasteiger partial charge in [0.1, 0.15) is 5.84 Å². The first-order valence-electron chi connectivity index (χ1n) is 3.77. The van der Waals surface area contributed by atoms with E-state index in [2.05, 4.69) is 23.3 Å². The van der Waals surface area contributed by atoms with Crippen molar-refractivity contribution in [1.82, 2.24) is 0 Å². The average Bonchev–Trinajstić information content (AvgIpc) is 2.11. The molecular weight excluding hydrogens is 148 g/mol. The molecule has 0 aliphatic carbocycles. The van der Waals surface area contributed by atoms with E-state index in [1.807, 2.05) is 19.1 Å². The number of hydrogen-bond acceptors (Lipinski definition) is 1. The summed E-state index contributed by atoms with van der Waals surface area (Å²) in [5.74, 6) is 0.714. The first-order chi connectivity index (χ1) is 5.85. The average molecular weight is 162 g/mol. The normalized spacial score (nSPS) is 12.6. The molecule has 64 valence electrons. The Labute approximate surface area is 73.7 Å². The van der Waals surface area contributed by atoms with E-state index in [1.165, 1.54) is 0 Å². The molecule has 0 aliphatic heterocycles. The zero-order chi connectivity index (χ0) is 9.23. The minimum absolute atomic E-state index is 0.714. The lowest BCUT2D eigenvalue weighted by molar-refractivity contribution is 1.35. The summed E-state index contributed by atoms with van der Waals surface area (Å²) in [5.41, 5.74) is 0. The summed E-state index contributed by atoms with van der Waals surface area (Å²) in [7, 11) is 0. The Bertz CT molecular complexity index is 222. The monoisotopic (exact) mass is 162 g/mol. The predicted octanol–water partition coefficient (Wildman–Crippen LogP) is 2.75. The van der Waals surface area contributed by atoms with Crippen LogP contribution in [0.15, 0.2) is 47.1 Å². The largest absolute Gasteiger partial charge is 0.249 e. The van der Waals surface area contributed by atoms with E-state index >= 15 is 0 Å². The Morgan fingerprint density at radius 1 is 1.50 bits per heavy atom. The maximum absolute atomic E-state index is 4.05. The standard InChI is InChI=1S/C10H14N2/c1-4-6-8-10(11-3)12-9-7-5-2/h4-7,9H,2-3,8H2,1H3/b6-4-,9-7-,12-10+. The maximum atomic E-state index is 4.05. The van der Waals surface area contributed by atoms with Gasteiger partial charge in [-0.1, -0.05) is 24.8 Å². The van der Waals surface area contributed by atoms with Gasteiger partial charge in [-0.3, -0.25) is 0 Å². The van der Waals surface area contributed by atoms with Gasteiger partial charge >= 0.3 is 0 Å². The molecule has 2 heteroatoms. The zero-order valence-corrected chi connectivity index (χ0v) is 7.40. The number of allylic oxidation sites excluding steroid dienone is 3. The van der Waals surface area contributed by atoms with E-state index in [4.69, 9.17) is 0 Å². The number of amidine groups is 1. The summed E-state index contributed by atoms with van der Waals surface area (Å²) >= 11 is 0. The SMILES string of the molecule is C=C/C=C\N=C(/C/C=C\C)N=C. The van der Waals surface area contributed by atoms with Crippen LogP contribution in [0.1, 0.15) is 13.3 Å². The Morgan fingerprint density at radius 2 is 2.25 bits per heavy atom. The molecule has 0 fully saturated rings. The number of aliphatic imine (C=N–C) groups is 2. The lowest BCUT2D eigenvalue weighted by Crippen LogP contribution is -1.88. The van der Waals surface area contributed by atoms with Crippen LogP contribution < -0.4 is 0 Å². The molecular formula is C10H14N2. The Balaban J connectivity index is 4.12. The predicted molar refractivity (Wildman–Crippen MR) is 55.8 cm³/mol. The van der Waals surface area contributed by atoms with E-state index in [9.17, 15) is 0 Å². The molecule has 0 aromatic rings. The van der Waals surface area contributed by atoms with Crippen LogP contribution in [0.4, 0.5) is 0 Å². The van der Waals surface area contributed by atoms with Crippen LogP contribution >= 0.6 is 0 Å². The summed E-state index contributed by atoms with van der Waals surface area (Å²) in [4.78, 5) is 7.81. The molecule has 0 heterocycles. The molecule has 12 heavy (non-hydrogen) atoms. The molecule has 0 atom stereocenters. The van der Waals surface area contributed by atoms with Crippen LogP contribution in [0, 0.1) is 0 Å². The van der Waals surface area contributed by atoms with Gasteiger partial charge in [-0.15, -0.1) is 0 Å². The first-order valence-corrected chi connectivity index (χ1v) is 3.77. The Hall–Kier alpha value is -1.44. The van der Waals surface area contributed by atoms with Crippen LogP contribution in [-0.2, 0) is 0 Å². The molecule has 0 aliphatic rings. The molecule has 0 saturated heterocycles. The van der Waals surface area contributed by atoms with E-state index in [-0.39, 0.29) is 0 Å². The highest BCUT2D eigenvalue weighted by atomic mass is 14.9. The fourth-order valence-electron chi connectivity index (χ4n) is 0.571. The lowest BCUT2D eigenvalue weighted by Gasteiger charge is -1.90. The maximum Gasteiger partial charge on any atom is 0.131 e. The highest BCUT2D eigenvalue weighted by molar-refractivity contribution is 5.87. The number of rotatable bonds is 4. The summed E-state index contributed by atoms with van der Waals surface area (Å²) in [6.07, 6.45) is 9.73. The minimum Gasteiger partial charge on any atom is -0.249 e. The van der Waals surface area contributed by atoms with Crippen molar-refractivity contribution in [3.63, 3.8) is 0 Å². The van der Waals surface area contributed by atoms with Crippen molar-refractivity contribution in [2.24, 2.45) is 9.98 Å². The van der Waals surface area contributed by atoms with Gasteiger partial charge in [-0.05, 0) is 19.7 Å². The third kappa shape index (κ3) is 5.35. The molecule has 0 unspecified atom stereocenters. The summed E-state index contributed by atoms with van der Waals surface area (Å²) < 4.78 is 0. The molecule has 0 saturated carbocycles. The van der Waals surface area contributed by atoms with Crippen molar-refractivity contribution in [1.29, 1.82) is 0 Å². The summed E-state index contributed by atoms with van der Waals surface area (Å²) in [6.45, 7) is 8.91. The van der Waals surface area contributed by atoms with Gasteiger partial charge in [0.25, 0.3) is 0 Å². The second kappa shape index (κ2) is 7.66. The quantitative estimate of drug-likeness (QED) is 0.263. The second-order valence-corrected chi connectivity index (χ2v) is 2.05. The third-order valence-electron chi connectivity index (χ3n) is 1.16. The van der Waals surface area contributed by atoms with Gasteiger partial charge in [0.05, 0.1) is 0 Å². The van der Waals surface area contributed by atoms with Crippen LogP contribution in [0.3, 0.4) is 0 Å². The van der Waals surface area contributed by atoms with Crippen molar-refractivity contribution in [2.45, 2.75) is 13.3 Å². The van der Waals surface area contributed by atoms with E-state index in [0.717, 1.165) is 6.42 Å². The highest BCUT2D eigenvalue weighted by Gasteiger charge is 1.86. The van der Waals surface area contributed by atoms with Crippen LogP contribution in [0.25, 0.3) is 0 Å². The Morgan fingerprint density at radius 3 is 2.75 bits per heavy atom. The Kier molecular flexibility index (Phi) is 6.74. The van der Waals surface area contributed by atoms with Crippen molar-refractivity contribution < 1.29 is 0 Å². The number of hydrogen-bond donors (Lipinski definition) is 0. The summed E-state index contributed by atoms with van der Waals surface area (Å²) in [5, 5.41) is 0. The second-order valence-electron chi connectivity index (χ2n) is 2.05. The van der Waals surface area contributed by atoms with E-state index < -0.39 is 0 Å². The molecule has 0 amide bonds. The van der Waals surface area contributed by atoms with E-state index in [0.29, 0.717) is 5.84 Å². The van der Waals surface area contributed by atoms with Gasteiger partial charge in [0, 0.05) is 12.6 Å². The van der Waals surface area contributed by atoms with Crippen LogP contribution in [0.5, 0.6) is 0 Å². The van der Waals surface area contributed by atoms with Crippen molar-refractivity contribution in [2.75, 3.05) is 0 Å². The third-order valence-corrected chi connectivity index (χ3v) is 1.16. The first kappa shape index (κ1) is 10.6. The van der Waals surface area contributed by atoms with Crippen molar-refractivity contribution >= 4 is 12.6 Å². The molecule has 2 nitrogen and oxygen atoms in total. The molecule has 0 radical (unpaired) electrons. The molecule has 0 aromatic carbocycles. The lowest BCUT2D eigenvalue weighted by atomic mass is 10.3. The van der Waals surface area contributed by atoms with Gasteiger partial charge in [-0.2, -0.15) is 0 Å². The molecule has 0 rings (SSSR count). The smallest absolute Gasteiger partial charge is 0.131 e. The van der Waals surface area contributed by atoms with Gasteiger partial charge in [0.15, 0.2) is 0 Å². The van der Waals surface area contributed by atoms with Crippen LogP contribution in [0.2, 0.25) is 0 Å². The minimum atomic E-state index is 0.714. The van der Waals surface area contributed by atoms with Crippen molar-refractivity contribution in [3.05, 3.63) is 37.1 Å². The molecule has 0 bridgehead atoms. The highest BCUT2D eigenvalue weighted by Crippen LogP contribution is 1.91. The number of nitrogens with zero attached hydrogens (tertiary/aromatic N) is 2. The zero-order valence-electron chi connectivity index (χ0n) is 7.40.